The summed E-state index contributed by atoms with van der Waals surface area (Å²) in [5.41, 5.74) is 2.67. The lowest BCUT2D eigenvalue weighted by Gasteiger charge is -2.19. The second-order valence-electron chi connectivity index (χ2n) is 5.45. The molecule has 1 aliphatic heterocycles. The van der Waals surface area contributed by atoms with Gasteiger partial charge in [-0.05, 0) is 45.8 Å². The average Bonchev–Trinajstić information content (AvgIpc) is 2.66. The zero-order valence-corrected chi connectivity index (χ0v) is 12.8. The number of rotatable bonds is 2. The molecular formula is C16H18O2Si. The van der Waals surface area contributed by atoms with E-state index in [0.717, 1.165) is 11.5 Å². The summed E-state index contributed by atoms with van der Waals surface area (Å²) in [4.78, 5) is 0. The van der Waals surface area contributed by atoms with E-state index in [9.17, 15) is 0 Å². The van der Waals surface area contributed by atoms with Crippen LogP contribution in [0.1, 0.15) is 0 Å². The third kappa shape index (κ3) is 1.69. The summed E-state index contributed by atoms with van der Waals surface area (Å²) in [5.74, 6) is 1.87. The van der Waals surface area contributed by atoms with Crippen LogP contribution in [-0.4, -0.2) is 22.3 Å². The summed E-state index contributed by atoms with van der Waals surface area (Å²) in [5, 5.41) is 2.94. The van der Waals surface area contributed by atoms with Crippen LogP contribution in [-0.2, 0) is 0 Å². The van der Waals surface area contributed by atoms with E-state index >= 15 is 0 Å². The SMILES string of the molecule is COc1ccc2c(c1)-c1ccc(OC)cc1[Si]2(C)C. The summed E-state index contributed by atoms with van der Waals surface area (Å²) in [6.07, 6.45) is 0. The normalized spacial score (nSPS) is 14.7. The molecule has 0 saturated carbocycles. The highest BCUT2D eigenvalue weighted by atomic mass is 28.3. The molecule has 98 valence electrons. The molecule has 0 fully saturated rings. The number of fused-ring (bicyclic) bond motifs is 3. The van der Waals surface area contributed by atoms with Crippen LogP contribution < -0.4 is 19.8 Å². The molecule has 0 aliphatic carbocycles. The van der Waals surface area contributed by atoms with Crippen LogP contribution >= 0.6 is 0 Å². The Morgan fingerprint density at radius 1 is 0.737 bits per heavy atom. The van der Waals surface area contributed by atoms with Gasteiger partial charge in [0.2, 0.25) is 0 Å². The van der Waals surface area contributed by atoms with Gasteiger partial charge in [0, 0.05) is 0 Å². The van der Waals surface area contributed by atoms with E-state index in [1.807, 2.05) is 6.07 Å². The molecule has 3 rings (SSSR count). The summed E-state index contributed by atoms with van der Waals surface area (Å²) < 4.78 is 10.7. The number of ether oxygens (including phenoxy) is 2. The number of methoxy groups -OCH3 is 2. The van der Waals surface area contributed by atoms with Crippen molar-refractivity contribution in [2.75, 3.05) is 14.2 Å². The van der Waals surface area contributed by atoms with Gasteiger partial charge < -0.3 is 9.47 Å². The van der Waals surface area contributed by atoms with Gasteiger partial charge in [-0.15, -0.1) is 0 Å². The molecule has 0 saturated heterocycles. The minimum absolute atomic E-state index is 0.923. The van der Waals surface area contributed by atoms with Crippen molar-refractivity contribution in [3.63, 3.8) is 0 Å². The van der Waals surface area contributed by atoms with Crippen molar-refractivity contribution in [2.45, 2.75) is 13.1 Å². The molecule has 19 heavy (non-hydrogen) atoms. The smallest absolute Gasteiger partial charge is 0.119 e. The Hall–Kier alpha value is -1.74. The first-order valence-electron chi connectivity index (χ1n) is 6.45. The first-order chi connectivity index (χ1) is 9.07. The Bertz CT molecular complexity index is 647. The van der Waals surface area contributed by atoms with Gasteiger partial charge in [-0.3, -0.25) is 0 Å². The van der Waals surface area contributed by atoms with E-state index in [-0.39, 0.29) is 0 Å². The fourth-order valence-corrected chi connectivity index (χ4v) is 6.03. The van der Waals surface area contributed by atoms with Gasteiger partial charge in [0.25, 0.3) is 0 Å². The molecule has 0 unspecified atom stereocenters. The van der Waals surface area contributed by atoms with Crippen molar-refractivity contribution in [3.8, 4) is 22.6 Å². The highest BCUT2D eigenvalue weighted by molar-refractivity contribution is 7.03. The Balaban J connectivity index is 2.27. The largest absolute Gasteiger partial charge is 0.497 e. The van der Waals surface area contributed by atoms with Crippen molar-refractivity contribution >= 4 is 18.4 Å². The molecule has 0 amide bonds. The van der Waals surface area contributed by atoms with Crippen LogP contribution in [0.25, 0.3) is 11.1 Å². The Labute approximate surface area is 115 Å². The summed E-state index contributed by atoms with van der Waals surface area (Å²) >= 11 is 0. The second kappa shape index (κ2) is 4.13. The van der Waals surface area contributed by atoms with Crippen molar-refractivity contribution < 1.29 is 9.47 Å². The fraction of sp³-hybridized carbons (Fsp3) is 0.250. The van der Waals surface area contributed by atoms with E-state index in [2.05, 4.69) is 43.4 Å². The molecule has 0 N–H and O–H groups in total. The molecule has 1 aliphatic rings. The molecular weight excluding hydrogens is 252 g/mol. The summed E-state index contributed by atoms with van der Waals surface area (Å²) in [6, 6.07) is 12.9. The van der Waals surface area contributed by atoms with Gasteiger partial charge in [0.05, 0.1) is 14.2 Å². The molecule has 2 aromatic carbocycles. The fourth-order valence-electron chi connectivity index (χ4n) is 2.97. The lowest BCUT2D eigenvalue weighted by molar-refractivity contribution is 0.415. The molecule has 2 nitrogen and oxygen atoms in total. The molecule has 1 heterocycles. The average molecular weight is 270 g/mol. The zero-order chi connectivity index (χ0) is 13.6. The predicted molar refractivity (Wildman–Crippen MR) is 81.7 cm³/mol. The predicted octanol–water partition coefficient (Wildman–Crippen LogP) is 2.51. The highest BCUT2D eigenvalue weighted by Crippen LogP contribution is 2.32. The maximum absolute atomic E-state index is 5.37. The zero-order valence-electron chi connectivity index (χ0n) is 11.8. The molecule has 0 spiro atoms. The number of hydrogen-bond donors (Lipinski definition) is 0. The summed E-state index contributed by atoms with van der Waals surface area (Å²) in [7, 11) is 1.84. The van der Waals surface area contributed by atoms with Crippen LogP contribution in [0, 0.1) is 0 Å². The molecule has 0 radical (unpaired) electrons. The lowest BCUT2D eigenvalue weighted by atomic mass is 10.1. The third-order valence-electron chi connectivity index (χ3n) is 4.09. The van der Waals surface area contributed by atoms with Gasteiger partial charge in [-0.25, -0.2) is 0 Å². The Morgan fingerprint density at radius 2 is 1.37 bits per heavy atom. The quantitative estimate of drug-likeness (QED) is 0.781. The minimum Gasteiger partial charge on any atom is -0.497 e. The van der Waals surface area contributed by atoms with Gasteiger partial charge in [-0.1, -0.05) is 25.2 Å². The maximum Gasteiger partial charge on any atom is 0.119 e. The Kier molecular flexibility index (Phi) is 2.68. The van der Waals surface area contributed by atoms with Gasteiger partial charge in [0.1, 0.15) is 19.6 Å². The molecule has 3 heteroatoms. The van der Waals surface area contributed by atoms with E-state index in [1.165, 1.54) is 21.5 Å². The van der Waals surface area contributed by atoms with E-state index in [1.54, 1.807) is 14.2 Å². The van der Waals surface area contributed by atoms with E-state index in [4.69, 9.17) is 9.47 Å². The van der Waals surface area contributed by atoms with E-state index < -0.39 is 8.07 Å². The summed E-state index contributed by atoms with van der Waals surface area (Å²) in [6.45, 7) is 4.78. The molecule has 0 bridgehead atoms. The number of benzene rings is 2. The van der Waals surface area contributed by atoms with Gasteiger partial charge >= 0.3 is 0 Å². The van der Waals surface area contributed by atoms with Crippen molar-refractivity contribution in [1.29, 1.82) is 0 Å². The monoisotopic (exact) mass is 270 g/mol. The topological polar surface area (TPSA) is 18.5 Å². The molecule has 2 aromatic rings. The maximum atomic E-state index is 5.37. The second-order valence-corrected chi connectivity index (χ2v) is 9.78. The van der Waals surface area contributed by atoms with Crippen LogP contribution in [0.15, 0.2) is 36.4 Å². The van der Waals surface area contributed by atoms with Gasteiger partial charge in [0.15, 0.2) is 0 Å². The van der Waals surface area contributed by atoms with Crippen molar-refractivity contribution in [3.05, 3.63) is 36.4 Å². The van der Waals surface area contributed by atoms with Crippen LogP contribution in [0.2, 0.25) is 13.1 Å². The van der Waals surface area contributed by atoms with Crippen molar-refractivity contribution in [2.24, 2.45) is 0 Å². The number of hydrogen-bond acceptors (Lipinski definition) is 2. The van der Waals surface area contributed by atoms with Gasteiger partial charge in [-0.2, -0.15) is 0 Å². The lowest BCUT2D eigenvalue weighted by Crippen LogP contribution is -2.49. The highest BCUT2D eigenvalue weighted by Gasteiger charge is 2.37. The van der Waals surface area contributed by atoms with E-state index in [0.29, 0.717) is 0 Å². The molecule has 0 aromatic heterocycles. The molecule has 0 atom stereocenters. The Morgan fingerprint density at radius 3 is 2.05 bits per heavy atom. The van der Waals surface area contributed by atoms with Crippen LogP contribution in [0.3, 0.4) is 0 Å². The first-order valence-corrected chi connectivity index (χ1v) is 9.45. The minimum atomic E-state index is -1.60. The third-order valence-corrected chi connectivity index (χ3v) is 7.63. The standard InChI is InChI=1S/C16H18O2Si/c1-17-11-6-8-15-14(9-11)13-7-5-12(18-2)10-16(13)19(15,3)4/h5-10H,1-4H3. The van der Waals surface area contributed by atoms with Crippen molar-refractivity contribution in [1.82, 2.24) is 0 Å². The van der Waals surface area contributed by atoms with Crippen LogP contribution in [0.5, 0.6) is 11.5 Å². The van der Waals surface area contributed by atoms with Crippen LogP contribution in [0.4, 0.5) is 0 Å². The first kappa shape index (κ1) is 12.3.